The maximum absolute atomic E-state index is 14.7. The summed E-state index contributed by atoms with van der Waals surface area (Å²) in [5, 5.41) is 11.4. The first-order valence-electron chi connectivity index (χ1n) is 10.5. The lowest BCUT2D eigenvalue weighted by molar-refractivity contribution is -0.149. The normalized spacial score (nSPS) is 19.1. The Kier molecular flexibility index (Phi) is 6.24. The average molecular weight is 511 g/mol. The quantitative estimate of drug-likeness (QED) is 0.518. The molecule has 0 bridgehead atoms. The Balaban J connectivity index is 1.93. The number of anilines is 1. The Bertz CT molecular complexity index is 1440. The van der Waals surface area contributed by atoms with Gasteiger partial charge in [0.2, 0.25) is 11.3 Å². The van der Waals surface area contributed by atoms with Crippen LogP contribution in [-0.4, -0.2) is 56.3 Å². The van der Waals surface area contributed by atoms with Crippen LogP contribution in [-0.2, 0) is 4.79 Å². The van der Waals surface area contributed by atoms with Crippen molar-refractivity contribution in [2.45, 2.75) is 32.2 Å². The molecule has 2 N–H and O–H groups in total. The third kappa shape index (κ3) is 4.39. The molecular formula is C22H18F5N5O4. The molecule has 3 aromatic heterocycles. The van der Waals surface area contributed by atoms with Gasteiger partial charge >= 0.3 is 6.18 Å². The van der Waals surface area contributed by atoms with Crippen molar-refractivity contribution >= 4 is 28.7 Å². The van der Waals surface area contributed by atoms with Crippen LogP contribution in [0.15, 0.2) is 35.4 Å². The number of aliphatic hydroxyl groups excluding tert-OH is 1. The third-order valence-electron chi connectivity index (χ3n) is 5.81. The molecule has 0 spiro atoms. The summed E-state index contributed by atoms with van der Waals surface area (Å²) in [5.74, 6) is -5.46. The lowest BCUT2D eigenvalue weighted by Gasteiger charge is -2.19. The van der Waals surface area contributed by atoms with Gasteiger partial charge in [0.05, 0.1) is 30.1 Å². The number of pyridine rings is 3. The van der Waals surface area contributed by atoms with Crippen molar-refractivity contribution in [3.63, 3.8) is 0 Å². The number of aliphatic hydroxyl groups is 1. The van der Waals surface area contributed by atoms with E-state index in [1.807, 2.05) is 0 Å². The van der Waals surface area contributed by atoms with E-state index in [2.05, 4.69) is 9.97 Å². The molecule has 36 heavy (non-hydrogen) atoms. The summed E-state index contributed by atoms with van der Waals surface area (Å²) in [7, 11) is 0. The predicted octanol–water partition coefficient (Wildman–Crippen LogP) is 2.08. The monoisotopic (exact) mass is 511 g/mol. The number of amides is 2. The van der Waals surface area contributed by atoms with Gasteiger partial charge in [0.25, 0.3) is 5.91 Å². The minimum Gasteiger partial charge on any atom is -0.390 e. The van der Waals surface area contributed by atoms with E-state index in [4.69, 9.17) is 0 Å². The molecule has 1 aliphatic rings. The molecule has 0 saturated carbocycles. The van der Waals surface area contributed by atoms with E-state index in [9.17, 15) is 41.4 Å². The van der Waals surface area contributed by atoms with Gasteiger partial charge in [0, 0.05) is 12.3 Å². The molecular weight excluding hydrogens is 493 g/mol. The zero-order valence-corrected chi connectivity index (χ0v) is 18.7. The molecule has 190 valence electrons. The summed E-state index contributed by atoms with van der Waals surface area (Å²) in [6, 6.07) is 0.573. The number of rotatable bonds is 4. The fourth-order valence-electron chi connectivity index (χ4n) is 3.66. The summed E-state index contributed by atoms with van der Waals surface area (Å²) < 4.78 is 67.8. The third-order valence-corrected chi connectivity index (χ3v) is 5.81. The van der Waals surface area contributed by atoms with Gasteiger partial charge in [-0.1, -0.05) is 6.92 Å². The van der Waals surface area contributed by atoms with Crippen molar-refractivity contribution in [1.82, 2.24) is 19.9 Å². The Labute approximate surface area is 199 Å². The Morgan fingerprint density at radius 3 is 2.53 bits per heavy atom. The number of halogens is 5. The minimum absolute atomic E-state index is 0.0190. The smallest absolute Gasteiger partial charge is 0.390 e. The fraction of sp³-hybridized carbons (Fsp3) is 0.318. The molecule has 2 unspecified atom stereocenters. The van der Waals surface area contributed by atoms with Crippen LogP contribution in [0.25, 0.3) is 16.9 Å². The number of fused-ring (bicyclic) bond motifs is 1. The van der Waals surface area contributed by atoms with Crippen LogP contribution in [0.3, 0.4) is 0 Å². The van der Waals surface area contributed by atoms with Gasteiger partial charge in [-0.3, -0.25) is 23.9 Å². The van der Waals surface area contributed by atoms with Crippen LogP contribution in [0.4, 0.5) is 27.8 Å². The largest absolute Gasteiger partial charge is 0.408 e. The molecule has 3 atom stereocenters. The SMILES string of the molecule is CC1C(=O)N(c2ccc3c(=O)c(C(=O)N[C@@H](C)C(F)(F)F)cn(-c4ncc(F)cc4F)c3n2)CC1O. The van der Waals surface area contributed by atoms with E-state index in [0.29, 0.717) is 19.2 Å². The fourth-order valence-corrected chi connectivity index (χ4v) is 3.66. The van der Waals surface area contributed by atoms with Gasteiger partial charge in [-0.2, -0.15) is 13.2 Å². The van der Waals surface area contributed by atoms with Crippen molar-refractivity contribution in [3.05, 3.63) is 58.0 Å². The van der Waals surface area contributed by atoms with Crippen LogP contribution in [0.1, 0.15) is 24.2 Å². The van der Waals surface area contributed by atoms with Crippen LogP contribution >= 0.6 is 0 Å². The highest BCUT2D eigenvalue weighted by atomic mass is 19.4. The number of alkyl halides is 3. The number of nitrogens with one attached hydrogen (secondary N) is 1. The van der Waals surface area contributed by atoms with Gasteiger partial charge in [0.1, 0.15) is 23.2 Å². The number of nitrogens with zero attached hydrogens (tertiary/aromatic N) is 4. The highest BCUT2D eigenvalue weighted by Crippen LogP contribution is 2.27. The van der Waals surface area contributed by atoms with Crippen molar-refractivity contribution in [1.29, 1.82) is 0 Å². The first-order valence-corrected chi connectivity index (χ1v) is 10.5. The molecule has 4 rings (SSSR count). The maximum Gasteiger partial charge on any atom is 0.408 e. The molecule has 0 radical (unpaired) electrons. The van der Waals surface area contributed by atoms with E-state index in [1.54, 1.807) is 5.32 Å². The van der Waals surface area contributed by atoms with Crippen molar-refractivity contribution < 1.29 is 36.6 Å². The minimum atomic E-state index is -4.80. The Morgan fingerprint density at radius 2 is 1.94 bits per heavy atom. The van der Waals surface area contributed by atoms with E-state index in [-0.39, 0.29) is 23.4 Å². The van der Waals surface area contributed by atoms with E-state index < -0.39 is 64.5 Å². The number of hydrogen-bond acceptors (Lipinski definition) is 6. The van der Waals surface area contributed by atoms with Gasteiger partial charge in [-0.25, -0.2) is 18.7 Å². The van der Waals surface area contributed by atoms with Crippen molar-refractivity contribution in [2.75, 3.05) is 11.4 Å². The Hall–Kier alpha value is -3.94. The van der Waals surface area contributed by atoms with Crippen LogP contribution in [0, 0.1) is 17.6 Å². The van der Waals surface area contributed by atoms with E-state index in [1.165, 1.54) is 13.0 Å². The zero-order chi connectivity index (χ0) is 26.5. The standard InChI is InChI=1S/C22H18F5N5O4/c1-9-15(33)8-31(21(9)36)16-4-3-12-17(34)13(20(35)29-10(2)22(25,26)27)7-32(18(12)30-16)19-14(24)5-11(23)6-28-19/h3-7,9-10,15,33H,8H2,1-2H3,(H,29,35)/t9?,10-,15?/m0/s1. The lowest BCUT2D eigenvalue weighted by Crippen LogP contribution is -2.44. The molecule has 2 amide bonds. The van der Waals surface area contributed by atoms with Gasteiger partial charge in [0.15, 0.2) is 17.3 Å². The number of β-amino-alcohol motifs (C(OH)–C–C–N with tert-alkyl or cyclic N) is 1. The highest BCUT2D eigenvalue weighted by molar-refractivity contribution is 5.99. The second-order valence-electron chi connectivity index (χ2n) is 8.28. The molecule has 3 aromatic rings. The summed E-state index contributed by atoms with van der Waals surface area (Å²) >= 11 is 0. The number of carbonyl (C=O) groups excluding carboxylic acids is 2. The van der Waals surface area contributed by atoms with E-state index >= 15 is 0 Å². The van der Waals surface area contributed by atoms with Gasteiger partial charge in [-0.15, -0.1) is 0 Å². The summed E-state index contributed by atoms with van der Waals surface area (Å²) in [5.41, 5.74) is -2.10. The number of carbonyl (C=O) groups is 2. The van der Waals surface area contributed by atoms with E-state index in [0.717, 1.165) is 21.7 Å². The van der Waals surface area contributed by atoms with Crippen LogP contribution in [0.5, 0.6) is 0 Å². The molecule has 1 aliphatic heterocycles. The predicted molar refractivity (Wildman–Crippen MR) is 116 cm³/mol. The first kappa shape index (κ1) is 25.2. The maximum atomic E-state index is 14.7. The van der Waals surface area contributed by atoms with Crippen LogP contribution < -0.4 is 15.6 Å². The lowest BCUT2D eigenvalue weighted by atomic mass is 10.1. The molecule has 0 aromatic carbocycles. The zero-order valence-electron chi connectivity index (χ0n) is 18.7. The number of hydrogen-bond donors (Lipinski definition) is 2. The summed E-state index contributed by atoms with van der Waals surface area (Å²) in [4.78, 5) is 47.1. The molecule has 9 nitrogen and oxygen atoms in total. The topological polar surface area (TPSA) is 117 Å². The first-order chi connectivity index (χ1) is 16.8. The summed E-state index contributed by atoms with van der Waals surface area (Å²) in [6.07, 6.45) is -4.39. The molecule has 0 aliphatic carbocycles. The summed E-state index contributed by atoms with van der Waals surface area (Å²) in [6.45, 7) is 2.07. The van der Waals surface area contributed by atoms with Gasteiger partial charge in [-0.05, 0) is 19.1 Å². The molecule has 1 fully saturated rings. The average Bonchev–Trinajstić information content (AvgIpc) is 3.06. The van der Waals surface area contributed by atoms with Gasteiger partial charge < -0.3 is 10.4 Å². The highest BCUT2D eigenvalue weighted by Gasteiger charge is 2.39. The second kappa shape index (κ2) is 8.93. The molecule has 4 heterocycles. The van der Waals surface area contributed by atoms with Crippen molar-refractivity contribution in [3.8, 4) is 5.82 Å². The molecule has 1 saturated heterocycles. The molecule has 14 heteroatoms. The van der Waals surface area contributed by atoms with Crippen LogP contribution in [0.2, 0.25) is 0 Å². The second-order valence-corrected chi connectivity index (χ2v) is 8.28. The van der Waals surface area contributed by atoms with Crippen molar-refractivity contribution in [2.24, 2.45) is 5.92 Å². The number of aromatic nitrogens is 3. The Morgan fingerprint density at radius 1 is 1.25 bits per heavy atom.